The predicted molar refractivity (Wildman–Crippen MR) is 107 cm³/mol. The molecule has 4 heteroatoms. The second-order valence-electron chi connectivity index (χ2n) is 8.95. The zero-order valence-corrected chi connectivity index (χ0v) is 17.8. The lowest BCUT2D eigenvalue weighted by molar-refractivity contribution is -0.197. The number of methoxy groups -OCH3 is 1. The molecule has 2 atom stereocenters. The number of rotatable bonds is 10. The van der Waals surface area contributed by atoms with Crippen LogP contribution in [0.25, 0.3) is 0 Å². The van der Waals surface area contributed by atoms with Crippen molar-refractivity contribution >= 4 is 0 Å². The van der Waals surface area contributed by atoms with E-state index in [0.717, 1.165) is 51.5 Å². The van der Waals surface area contributed by atoms with Gasteiger partial charge in [0, 0.05) is 39.1 Å². The Morgan fingerprint density at radius 3 is 2.62 bits per heavy atom. The van der Waals surface area contributed by atoms with Crippen molar-refractivity contribution in [1.29, 1.82) is 0 Å². The Morgan fingerprint density at radius 1 is 1.35 bits per heavy atom. The number of hydrogen-bond acceptors (Lipinski definition) is 4. The van der Waals surface area contributed by atoms with E-state index >= 15 is 0 Å². The summed E-state index contributed by atoms with van der Waals surface area (Å²) >= 11 is 0. The van der Waals surface area contributed by atoms with Crippen LogP contribution in [-0.2, 0) is 14.2 Å². The minimum Gasteiger partial charge on any atom is -0.383 e. The summed E-state index contributed by atoms with van der Waals surface area (Å²) in [5.41, 5.74) is 0.433. The van der Waals surface area contributed by atoms with Crippen LogP contribution in [0.2, 0.25) is 0 Å². The molecule has 1 saturated heterocycles. The van der Waals surface area contributed by atoms with Crippen LogP contribution in [-0.4, -0.2) is 56.2 Å². The van der Waals surface area contributed by atoms with Crippen molar-refractivity contribution in [2.75, 3.05) is 33.4 Å². The first-order valence-electron chi connectivity index (χ1n) is 10.5. The summed E-state index contributed by atoms with van der Waals surface area (Å²) in [7, 11) is 1.76. The molecule has 2 fully saturated rings. The molecule has 2 unspecified atom stereocenters. The number of ether oxygens (including phenoxy) is 3. The first-order valence-corrected chi connectivity index (χ1v) is 10.5. The highest BCUT2D eigenvalue weighted by Crippen LogP contribution is 2.47. The second kappa shape index (κ2) is 9.68. The van der Waals surface area contributed by atoms with E-state index in [4.69, 9.17) is 14.2 Å². The molecule has 0 aromatic rings. The maximum atomic E-state index is 6.45. The van der Waals surface area contributed by atoms with Gasteiger partial charge in [-0.3, -0.25) is 4.90 Å². The van der Waals surface area contributed by atoms with Gasteiger partial charge >= 0.3 is 0 Å². The smallest absolute Gasteiger partial charge is 0.168 e. The molecule has 1 aliphatic heterocycles. The molecular formula is C22H41NO3. The van der Waals surface area contributed by atoms with Crippen LogP contribution in [0, 0.1) is 11.3 Å². The van der Waals surface area contributed by atoms with Crippen LogP contribution in [0.1, 0.15) is 66.2 Å². The predicted octanol–water partition coefficient (Wildman–Crippen LogP) is 4.64. The van der Waals surface area contributed by atoms with Gasteiger partial charge in [0.1, 0.15) is 0 Å². The molecule has 1 spiro atoms. The van der Waals surface area contributed by atoms with Crippen molar-refractivity contribution in [2.24, 2.45) is 11.3 Å². The van der Waals surface area contributed by atoms with E-state index in [-0.39, 0.29) is 11.9 Å². The van der Waals surface area contributed by atoms with Crippen LogP contribution in [0.15, 0.2) is 12.7 Å². The molecule has 0 N–H and O–H groups in total. The molecule has 2 aliphatic rings. The van der Waals surface area contributed by atoms with Crippen LogP contribution < -0.4 is 0 Å². The summed E-state index contributed by atoms with van der Waals surface area (Å²) in [5, 5.41) is 0. The van der Waals surface area contributed by atoms with Crippen LogP contribution in [0.5, 0.6) is 0 Å². The van der Waals surface area contributed by atoms with Crippen LogP contribution in [0.3, 0.4) is 0 Å². The highest BCUT2D eigenvalue weighted by atomic mass is 16.7. The monoisotopic (exact) mass is 367 g/mol. The van der Waals surface area contributed by atoms with E-state index in [9.17, 15) is 0 Å². The third-order valence-corrected chi connectivity index (χ3v) is 6.81. The van der Waals surface area contributed by atoms with Crippen molar-refractivity contribution in [2.45, 2.75) is 84.2 Å². The van der Waals surface area contributed by atoms with Gasteiger partial charge in [-0.2, -0.15) is 0 Å². The Hall–Kier alpha value is -0.420. The first kappa shape index (κ1) is 21.9. The first-order chi connectivity index (χ1) is 12.4. The summed E-state index contributed by atoms with van der Waals surface area (Å²) in [5.74, 6) is 0.495. The molecule has 0 aromatic carbocycles. The highest BCUT2D eigenvalue weighted by Gasteiger charge is 2.46. The summed E-state index contributed by atoms with van der Waals surface area (Å²) in [6.07, 6.45) is 8.98. The molecule has 152 valence electrons. The van der Waals surface area contributed by atoms with E-state index in [1.165, 1.54) is 19.3 Å². The molecule has 1 aliphatic carbocycles. The van der Waals surface area contributed by atoms with Gasteiger partial charge in [-0.25, -0.2) is 0 Å². The van der Waals surface area contributed by atoms with Gasteiger partial charge in [0.2, 0.25) is 0 Å². The van der Waals surface area contributed by atoms with Gasteiger partial charge in [0.05, 0.1) is 19.3 Å². The second-order valence-corrected chi connectivity index (χ2v) is 8.95. The molecule has 1 saturated carbocycles. The van der Waals surface area contributed by atoms with Gasteiger partial charge in [-0.15, -0.1) is 6.58 Å². The van der Waals surface area contributed by atoms with Crippen molar-refractivity contribution < 1.29 is 14.2 Å². The summed E-state index contributed by atoms with van der Waals surface area (Å²) in [4.78, 5) is 2.41. The van der Waals surface area contributed by atoms with E-state index < -0.39 is 0 Å². The zero-order valence-electron chi connectivity index (χ0n) is 17.8. The third kappa shape index (κ3) is 5.54. The molecule has 2 rings (SSSR count). The lowest BCUT2D eigenvalue weighted by atomic mass is 9.68. The Kier molecular flexibility index (Phi) is 8.14. The molecule has 0 aromatic heterocycles. The van der Waals surface area contributed by atoms with E-state index in [1.807, 2.05) is 6.08 Å². The fourth-order valence-electron chi connectivity index (χ4n) is 4.46. The minimum absolute atomic E-state index is 0.216. The maximum absolute atomic E-state index is 6.45. The lowest BCUT2D eigenvalue weighted by Gasteiger charge is -2.42. The lowest BCUT2D eigenvalue weighted by Crippen LogP contribution is -2.40. The van der Waals surface area contributed by atoms with Crippen molar-refractivity contribution in [1.82, 2.24) is 4.90 Å². The average molecular weight is 368 g/mol. The van der Waals surface area contributed by atoms with Gasteiger partial charge < -0.3 is 14.2 Å². The number of nitrogens with zero attached hydrogens (tertiary/aromatic N) is 1. The van der Waals surface area contributed by atoms with Gasteiger partial charge in [0.15, 0.2) is 5.79 Å². The Bertz CT molecular complexity index is 429. The molecule has 0 bridgehead atoms. The maximum Gasteiger partial charge on any atom is 0.168 e. The normalized spacial score (nSPS) is 30.8. The topological polar surface area (TPSA) is 30.9 Å². The Morgan fingerprint density at radius 2 is 2.04 bits per heavy atom. The molecule has 0 amide bonds. The van der Waals surface area contributed by atoms with Crippen LogP contribution in [0.4, 0.5) is 0 Å². The summed E-state index contributed by atoms with van der Waals surface area (Å²) in [6, 6.07) is 0.390. The number of hydrogen-bond donors (Lipinski definition) is 0. The molecule has 4 nitrogen and oxygen atoms in total. The van der Waals surface area contributed by atoms with Crippen LogP contribution >= 0.6 is 0 Å². The fourth-order valence-corrected chi connectivity index (χ4v) is 4.46. The van der Waals surface area contributed by atoms with Crippen molar-refractivity contribution in [3.8, 4) is 0 Å². The zero-order chi connectivity index (χ0) is 19.2. The average Bonchev–Trinajstić information content (AvgIpc) is 3.01. The SMILES string of the molecule is C=CCN(CCC1COC2(CCC(C(C)(C)CC)CC2)O1)C(C)COC. The van der Waals surface area contributed by atoms with Gasteiger partial charge in [-0.1, -0.05) is 33.3 Å². The van der Waals surface area contributed by atoms with Crippen molar-refractivity contribution in [3.63, 3.8) is 0 Å². The highest BCUT2D eigenvalue weighted by molar-refractivity contribution is 4.90. The summed E-state index contributed by atoms with van der Waals surface area (Å²) in [6.45, 7) is 16.6. The third-order valence-electron chi connectivity index (χ3n) is 6.81. The largest absolute Gasteiger partial charge is 0.383 e. The Labute approximate surface area is 161 Å². The summed E-state index contributed by atoms with van der Waals surface area (Å²) < 4.78 is 18.0. The molecule has 1 heterocycles. The van der Waals surface area contributed by atoms with Gasteiger partial charge in [0.25, 0.3) is 0 Å². The van der Waals surface area contributed by atoms with Crippen molar-refractivity contribution in [3.05, 3.63) is 12.7 Å². The molecular weight excluding hydrogens is 326 g/mol. The quantitative estimate of drug-likeness (QED) is 0.527. The van der Waals surface area contributed by atoms with E-state index in [2.05, 4.69) is 39.2 Å². The minimum atomic E-state index is -0.299. The van der Waals surface area contributed by atoms with E-state index in [0.29, 0.717) is 11.5 Å². The standard InChI is InChI=1S/C22H41NO3/c1-7-14-23(18(3)16-24-6)15-11-20-17-25-22(26-20)12-9-19(10-13-22)21(4,5)8-2/h7,18-20H,1,8-17H2,2-6H3. The fraction of sp³-hybridized carbons (Fsp3) is 0.909. The molecule has 0 radical (unpaired) electrons. The van der Waals surface area contributed by atoms with E-state index in [1.54, 1.807) is 7.11 Å². The Balaban J connectivity index is 1.80. The molecule has 26 heavy (non-hydrogen) atoms. The van der Waals surface area contributed by atoms with Gasteiger partial charge in [-0.05, 0) is 37.5 Å².